The quantitative estimate of drug-likeness (QED) is 0.526. The summed E-state index contributed by atoms with van der Waals surface area (Å²) in [5, 5.41) is 11.5. The van der Waals surface area contributed by atoms with Crippen molar-refractivity contribution < 1.29 is 9.32 Å². The van der Waals surface area contributed by atoms with Crippen molar-refractivity contribution in [3.8, 4) is 11.3 Å². The molecule has 0 spiro atoms. The summed E-state index contributed by atoms with van der Waals surface area (Å²) in [5.41, 5.74) is 5.27. The Morgan fingerprint density at radius 3 is 2.63 bits per heavy atom. The van der Waals surface area contributed by atoms with E-state index in [9.17, 15) is 4.79 Å². The highest BCUT2D eigenvalue weighted by Gasteiger charge is 2.22. The highest BCUT2D eigenvalue weighted by Crippen LogP contribution is 2.25. The molecule has 1 aromatic carbocycles. The molecule has 0 fully saturated rings. The van der Waals surface area contributed by atoms with Crippen molar-refractivity contribution in [2.75, 3.05) is 0 Å². The zero-order valence-corrected chi connectivity index (χ0v) is 17.2. The van der Waals surface area contributed by atoms with E-state index in [1.165, 1.54) is 0 Å². The van der Waals surface area contributed by atoms with Gasteiger partial charge in [0.25, 0.3) is 5.91 Å². The number of aryl methyl sites for hydroxylation is 3. The Balaban J connectivity index is 1.61. The van der Waals surface area contributed by atoms with E-state index in [1.807, 2.05) is 68.0 Å². The molecule has 1 N–H and O–H groups in total. The van der Waals surface area contributed by atoms with E-state index in [0.717, 1.165) is 34.5 Å². The van der Waals surface area contributed by atoms with E-state index in [2.05, 4.69) is 20.6 Å². The van der Waals surface area contributed by atoms with Crippen LogP contribution in [-0.2, 0) is 6.54 Å². The van der Waals surface area contributed by atoms with E-state index in [-0.39, 0.29) is 17.7 Å². The maximum atomic E-state index is 13.0. The van der Waals surface area contributed by atoms with Crippen LogP contribution in [0, 0.1) is 13.8 Å². The van der Waals surface area contributed by atoms with Gasteiger partial charge in [-0.25, -0.2) is 0 Å². The molecule has 3 aromatic heterocycles. The van der Waals surface area contributed by atoms with Crippen molar-refractivity contribution in [2.45, 2.75) is 33.4 Å². The predicted octanol–water partition coefficient (Wildman–Crippen LogP) is 4.09. The molecule has 0 aliphatic carbocycles. The average molecular weight is 401 g/mol. The van der Waals surface area contributed by atoms with Gasteiger partial charge in [0.05, 0.1) is 11.7 Å². The van der Waals surface area contributed by atoms with Gasteiger partial charge in [0.1, 0.15) is 5.69 Å². The molecule has 152 valence electrons. The average Bonchev–Trinajstić information content (AvgIpc) is 3.40. The van der Waals surface area contributed by atoms with Gasteiger partial charge >= 0.3 is 0 Å². The lowest BCUT2D eigenvalue weighted by Gasteiger charge is -2.19. The lowest BCUT2D eigenvalue weighted by atomic mass is 9.99. The smallest absolute Gasteiger partial charge is 0.290 e. The first-order chi connectivity index (χ1) is 14.5. The van der Waals surface area contributed by atoms with Crippen LogP contribution in [0.15, 0.2) is 65.6 Å². The first-order valence-corrected chi connectivity index (χ1v) is 9.83. The van der Waals surface area contributed by atoms with Gasteiger partial charge in [-0.15, -0.1) is 0 Å². The molecule has 0 radical (unpaired) electrons. The number of pyridine rings is 1. The number of carbonyl (C=O) groups excluding carboxylic acids is 1. The standard InChI is InChI=1S/C23H23N5O2/c1-4-28-14-19(16(3)26-28)20-12-21(30-27-20)23(29)25-22(18-6-5-11-24-13-18)17-9-7-15(2)8-10-17/h5-14,22H,4H2,1-3H3,(H,25,29)/t22-/m1/s1. The molecule has 4 rings (SSSR count). The first kappa shape index (κ1) is 19.6. The third kappa shape index (κ3) is 4.00. The summed E-state index contributed by atoms with van der Waals surface area (Å²) in [4.78, 5) is 17.2. The summed E-state index contributed by atoms with van der Waals surface area (Å²) in [5.74, 6) is -0.196. The molecule has 4 aromatic rings. The van der Waals surface area contributed by atoms with Gasteiger partial charge in [0.2, 0.25) is 5.76 Å². The van der Waals surface area contributed by atoms with Gasteiger partial charge in [0, 0.05) is 36.8 Å². The molecule has 1 amide bonds. The topological polar surface area (TPSA) is 85.8 Å². The van der Waals surface area contributed by atoms with Gasteiger partial charge in [-0.3, -0.25) is 14.5 Å². The third-order valence-electron chi connectivity index (χ3n) is 4.98. The fraction of sp³-hybridized carbons (Fsp3) is 0.217. The molecule has 0 bridgehead atoms. The minimum atomic E-state index is -0.357. The SMILES string of the molecule is CCn1cc(-c2cc(C(=O)N[C@H](c3ccc(C)cc3)c3cccnc3)on2)c(C)n1. The molecular formula is C23H23N5O2. The Kier molecular flexibility index (Phi) is 5.43. The van der Waals surface area contributed by atoms with Gasteiger partial charge in [-0.2, -0.15) is 5.10 Å². The zero-order chi connectivity index (χ0) is 21.1. The van der Waals surface area contributed by atoms with E-state index in [4.69, 9.17) is 4.52 Å². The highest BCUT2D eigenvalue weighted by molar-refractivity contribution is 5.93. The second-order valence-electron chi connectivity index (χ2n) is 7.16. The molecule has 7 nitrogen and oxygen atoms in total. The zero-order valence-electron chi connectivity index (χ0n) is 17.2. The summed E-state index contributed by atoms with van der Waals surface area (Å²) in [6.07, 6.45) is 5.36. The van der Waals surface area contributed by atoms with Crippen LogP contribution in [0.4, 0.5) is 0 Å². The number of nitrogens with one attached hydrogen (secondary N) is 1. The Morgan fingerprint density at radius 1 is 1.17 bits per heavy atom. The van der Waals surface area contributed by atoms with Gasteiger partial charge in [-0.1, -0.05) is 41.1 Å². The van der Waals surface area contributed by atoms with Crippen LogP contribution in [0.2, 0.25) is 0 Å². The molecule has 3 heterocycles. The lowest BCUT2D eigenvalue weighted by molar-refractivity contribution is 0.0906. The molecule has 7 heteroatoms. The van der Waals surface area contributed by atoms with E-state index in [0.29, 0.717) is 5.69 Å². The highest BCUT2D eigenvalue weighted by atomic mass is 16.5. The second-order valence-corrected chi connectivity index (χ2v) is 7.16. The van der Waals surface area contributed by atoms with Crippen LogP contribution in [0.3, 0.4) is 0 Å². The van der Waals surface area contributed by atoms with Crippen LogP contribution in [0.25, 0.3) is 11.3 Å². The lowest BCUT2D eigenvalue weighted by Crippen LogP contribution is -2.29. The number of rotatable bonds is 6. The minimum absolute atomic E-state index is 0.148. The van der Waals surface area contributed by atoms with Crippen molar-refractivity contribution >= 4 is 5.91 Å². The van der Waals surface area contributed by atoms with Crippen LogP contribution >= 0.6 is 0 Å². The Hall–Kier alpha value is -3.74. The monoisotopic (exact) mass is 401 g/mol. The normalized spacial score (nSPS) is 12.0. The maximum Gasteiger partial charge on any atom is 0.290 e. The predicted molar refractivity (Wildman–Crippen MR) is 113 cm³/mol. The van der Waals surface area contributed by atoms with Gasteiger partial charge in [-0.05, 0) is 38.0 Å². The fourth-order valence-electron chi connectivity index (χ4n) is 3.31. The molecule has 0 unspecified atom stereocenters. The van der Waals surface area contributed by atoms with Crippen molar-refractivity contribution in [1.29, 1.82) is 0 Å². The number of hydrogen-bond donors (Lipinski definition) is 1. The number of carbonyl (C=O) groups is 1. The molecule has 0 saturated carbocycles. The maximum absolute atomic E-state index is 13.0. The number of nitrogens with zero attached hydrogens (tertiary/aromatic N) is 4. The molecular weight excluding hydrogens is 378 g/mol. The molecule has 0 saturated heterocycles. The van der Waals surface area contributed by atoms with Gasteiger partial charge < -0.3 is 9.84 Å². The fourth-order valence-corrected chi connectivity index (χ4v) is 3.31. The summed E-state index contributed by atoms with van der Waals surface area (Å²) in [7, 11) is 0. The van der Waals surface area contributed by atoms with Crippen LogP contribution in [-0.4, -0.2) is 25.8 Å². The largest absolute Gasteiger partial charge is 0.350 e. The molecule has 0 aliphatic heterocycles. The number of benzene rings is 1. The summed E-state index contributed by atoms with van der Waals surface area (Å²) in [6.45, 7) is 6.71. The van der Waals surface area contributed by atoms with Crippen LogP contribution < -0.4 is 5.32 Å². The Morgan fingerprint density at radius 2 is 1.97 bits per heavy atom. The summed E-state index contributed by atoms with van der Waals surface area (Å²) < 4.78 is 7.18. The number of hydrogen-bond acceptors (Lipinski definition) is 5. The van der Waals surface area contributed by atoms with E-state index < -0.39 is 0 Å². The number of aromatic nitrogens is 4. The van der Waals surface area contributed by atoms with Crippen LogP contribution in [0.5, 0.6) is 0 Å². The van der Waals surface area contributed by atoms with Gasteiger partial charge in [0.15, 0.2) is 0 Å². The van der Waals surface area contributed by atoms with Crippen LogP contribution in [0.1, 0.15) is 45.9 Å². The second kappa shape index (κ2) is 8.32. The Labute approximate surface area is 174 Å². The van der Waals surface area contributed by atoms with E-state index in [1.54, 1.807) is 18.5 Å². The third-order valence-corrected chi connectivity index (χ3v) is 4.98. The summed E-state index contributed by atoms with van der Waals surface area (Å²) in [6, 6.07) is 13.1. The molecule has 30 heavy (non-hydrogen) atoms. The molecule has 1 atom stereocenters. The van der Waals surface area contributed by atoms with Crippen molar-refractivity contribution in [1.82, 2.24) is 25.2 Å². The van der Waals surface area contributed by atoms with Crippen molar-refractivity contribution in [3.05, 3.63) is 89.2 Å². The summed E-state index contributed by atoms with van der Waals surface area (Å²) >= 11 is 0. The van der Waals surface area contributed by atoms with E-state index >= 15 is 0 Å². The number of amides is 1. The van der Waals surface area contributed by atoms with Crippen molar-refractivity contribution in [2.24, 2.45) is 0 Å². The first-order valence-electron chi connectivity index (χ1n) is 9.83. The van der Waals surface area contributed by atoms with Crippen molar-refractivity contribution in [3.63, 3.8) is 0 Å². The Bertz CT molecular complexity index is 1150. The minimum Gasteiger partial charge on any atom is -0.350 e. The molecule has 0 aliphatic rings.